The van der Waals surface area contributed by atoms with Gasteiger partial charge in [-0.1, -0.05) is 0 Å². The van der Waals surface area contributed by atoms with Gasteiger partial charge in [0, 0.05) is 0 Å². The molecule has 0 aliphatic rings. The van der Waals surface area contributed by atoms with Gasteiger partial charge in [-0.3, -0.25) is 0 Å². The number of nitrogens with zero attached hydrogens (tertiary/aromatic N) is 1. The normalized spacial score (nSPS) is 9.56. The third kappa shape index (κ3) is 1.16. The molecule has 0 bridgehead atoms. The molecular weight excluding hydrogens is 119 g/mol. The fraction of sp³-hybridized carbons (Fsp3) is 0.167. The lowest BCUT2D eigenvalue weighted by Crippen LogP contribution is -1.93. The van der Waals surface area contributed by atoms with E-state index < -0.39 is 0 Å². The van der Waals surface area contributed by atoms with E-state index in [-0.39, 0.29) is 5.82 Å². The number of pyridine rings is 1. The highest BCUT2D eigenvalue weighted by molar-refractivity contribution is 5.28. The van der Waals surface area contributed by atoms with Crippen LogP contribution in [0.2, 0.25) is 0 Å². The monoisotopic (exact) mass is 126 g/mol. The molecule has 2 N–H and O–H groups in total. The van der Waals surface area contributed by atoms with E-state index in [9.17, 15) is 4.39 Å². The van der Waals surface area contributed by atoms with Crippen LogP contribution in [0.3, 0.4) is 0 Å². The van der Waals surface area contributed by atoms with Crippen LogP contribution in [0.1, 0.15) is 5.69 Å². The Morgan fingerprint density at radius 1 is 1.56 bits per heavy atom. The molecule has 0 spiro atoms. The van der Waals surface area contributed by atoms with Crippen LogP contribution in [0.15, 0.2) is 12.1 Å². The second-order valence-electron chi connectivity index (χ2n) is 1.80. The lowest BCUT2D eigenvalue weighted by atomic mass is 10.3. The minimum Gasteiger partial charge on any atom is -0.384 e. The summed E-state index contributed by atoms with van der Waals surface area (Å²) in [5.74, 6) is 0.0399. The van der Waals surface area contributed by atoms with E-state index in [0.717, 1.165) is 0 Å². The van der Waals surface area contributed by atoms with Crippen LogP contribution >= 0.6 is 0 Å². The number of aromatic nitrogens is 1. The smallest absolute Gasteiger partial charge is 0.144 e. The first-order chi connectivity index (χ1) is 4.20. The average molecular weight is 126 g/mol. The fourth-order valence-electron chi connectivity index (χ4n) is 0.563. The summed E-state index contributed by atoms with van der Waals surface area (Å²) in [4.78, 5) is 3.68. The van der Waals surface area contributed by atoms with Gasteiger partial charge in [-0.25, -0.2) is 9.37 Å². The molecule has 0 aliphatic heterocycles. The summed E-state index contributed by atoms with van der Waals surface area (Å²) in [5.41, 5.74) is 5.59. The number of anilines is 1. The summed E-state index contributed by atoms with van der Waals surface area (Å²) in [5, 5.41) is 0. The number of rotatable bonds is 0. The van der Waals surface area contributed by atoms with Crippen molar-refractivity contribution >= 4 is 5.82 Å². The summed E-state index contributed by atoms with van der Waals surface area (Å²) in [6.45, 7) is 1.58. The van der Waals surface area contributed by atoms with Crippen molar-refractivity contribution in [2.75, 3.05) is 5.73 Å². The Labute approximate surface area is 52.5 Å². The van der Waals surface area contributed by atoms with Crippen molar-refractivity contribution in [3.8, 4) is 0 Å². The van der Waals surface area contributed by atoms with E-state index in [1.165, 1.54) is 12.1 Å². The fourth-order valence-corrected chi connectivity index (χ4v) is 0.563. The summed E-state index contributed by atoms with van der Waals surface area (Å²) in [6.07, 6.45) is 0. The van der Waals surface area contributed by atoms with E-state index in [1.54, 1.807) is 6.92 Å². The highest BCUT2D eigenvalue weighted by Gasteiger charge is 1.95. The average Bonchev–Trinajstić information content (AvgIpc) is 1.80. The predicted molar refractivity (Wildman–Crippen MR) is 33.3 cm³/mol. The van der Waals surface area contributed by atoms with Crippen LogP contribution < -0.4 is 5.73 Å². The molecule has 0 fully saturated rings. The van der Waals surface area contributed by atoms with Crippen LogP contribution in [0.25, 0.3) is 0 Å². The molecule has 1 heterocycles. The number of aryl methyl sites for hydroxylation is 1. The van der Waals surface area contributed by atoms with Crippen LogP contribution in [0.5, 0.6) is 0 Å². The minimum absolute atomic E-state index is 0.316. The van der Waals surface area contributed by atoms with Gasteiger partial charge in [0.2, 0.25) is 0 Å². The Bertz CT molecular complexity index is 222. The molecule has 0 radical (unpaired) electrons. The number of halogens is 1. The molecule has 0 unspecified atom stereocenters. The molecule has 1 rings (SSSR count). The van der Waals surface area contributed by atoms with Crippen molar-refractivity contribution in [1.29, 1.82) is 0 Å². The highest BCUT2D eigenvalue weighted by Crippen LogP contribution is 2.04. The van der Waals surface area contributed by atoms with E-state index >= 15 is 0 Å². The second kappa shape index (κ2) is 2.01. The SMILES string of the molecule is Cc1nc(N)ccc1F. The topological polar surface area (TPSA) is 38.9 Å². The molecule has 48 valence electrons. The third-order valence-electron chi connectivity index (χ3n) is 1.04. The molecule has 1 aromatic heterocycles. The van der Waals surface area contributed by atoms with Crippen molar-refractivity contribution in [3.05, 3.63) is 23.6 Å². The zero-order chi connectivity index (χ0) is 6.85. The first kappa shape index (κ1) is 6.01. The predicted octanol–water partition coefficient (Wildman–Crippen LogP) is 1.11. The van der Waals surface area contributed by atoms with Gasteiger partial charge < -0.3 is 5.73 Å². The van der Waals surface area contributed by atoms with Crippen molar-refractivity contribution in [3.63, 3.8) is 0 Å². The third-order valence-corrected chi connectivity index (χ3v) is 1.04. The largest absolute Gasteiger partial charge is 0.384 e. The molecular formula is C6H7FN2. The molecule has 1 aromatic rings. The molecule has 2 nitrogen and oxygen atoms in total. The van der Waals surface area contributed by atoms with Gasteiger partial charge in [0.15, 0.2) is 0 Å². The van der Waals surface area contributed by atoms with Crippen LogP contribution in [0.4, 0.5) is 10.2 Å². The van der Waals surface area contributed by atoms with E-state index in [0.29, 0.717) is 11.5 Å². The summed E-state index contributed by atoms with van der Waals surface area (Å²) >= 11 is 0. The molecule has 0 saturated carbocycles. The molecule has 0 aliphatic carbocycles. The van der Waals surface area contributed by atoms with Crippen molar-refractivity contribution in [1.82, 2.24) is 4.98 Å². The summed E-state index contributed by atoms with van der Waals surface area (Å²) in [6, 6.07) is 2.74. The van der Waals surface area contributed by atoms with Gasteiger partial charge in [-0.05, 0) is 19.1 Å². The lowest BCUT2D eigenvalue weighted by molar-refractivity contribution is 0.610. The number of nitrogen functional groups attached to an aromatic ring is 1. The molecule has 0 atom stereocenters. The Kier molecular flexibility index (Phi) is 1.34. The van der Waals surface area contributed by atoms with Gasteiger partial charge >= 0.3 is 0 Å². The van der Waals surface area contributed by atoms with Crippen molar-refractivity contribution in [2.45, 2.75) is 6.92 Å². The standard InChI is InChI=1S/C6H7FN2/c1-4-5(7)2-3-6(8)9-4/h2-3H,1H3,(H2,8,9). The van der Waals surface area contributed by atoms with E-state index in [2.05, 4.69) is 4.98 Å². The molecule has 0 amide bonds. The van der Waals surface area contributed by atoms with Gasteiger partial charge in [-0.2, -0.15) is 0 Å². The maximum atomic E-state index is 12.4. The van der Waals surface area contributed by atoms with Gasteiger partial charge in [0.05, 0.1) is 5.69 Å². The van der Waals surface area contributed by atoms with Crippen LogP contribution in [-0.4, -0.2) is 4.98 Å². The quantitative estimate of drug-likeness (QED) is 0.565. The molecule has 0 saturated heterocycles. The Morgan fingerprint density at radius 3 is 2.67 bits per heavy atom. The number of nitrogens with two attached hydrogens (primary N) is 1. The molecule has 0 aromatic carbocycles. The Balaban J connectivity index is 3.17. The van der Waals surface area contributed by atoms with Crippen molar-refractivity contribution < 1.29 is 4.39 Å². The summed E-state index contributed by atoms with van der Waals surface area (Å²) in [7, 11) is 0. The molecule has 9 heavy (non-hydrogen) atoms. The van der Waals surface area contributed by atoms with Crippen LogP contribution in [-0.2, 0) is 0 Å². The minimum atomic E-state index is -0.316. The summed E-state index contributed by atoms with van der Waals surface area (Å²) < 4.78 is 12.4. The van der Waals surface area contributed by atoms with Crippen molar-refractivity contribution in [2.24, 2.45) is 0 Å². The van der Waals surface area contributed by atoms with E-state index in [1.807, 2.05) is 0 Å². The maximum Gasteiger partial charge on any atom is 0.144 e. The molecule has 3 heteroatoms. The Hall–Kier alpha value is -1.12. The number of hydrogen-bond donors (Lipinski definition) is 1. The van der Waals surface area contributed by atoms with Crippen LogP contribution in [0, 0.1) is 12.7 Å². The van der Waals surface area contributed by atoms with Gasteiger partial charge in [-0.15, -0.1) is 0 Å². The van der Waals surface area contributed by atoms with Gasteiger partial charge in [0.25, 0.3) is 0 Å². The zero-order valence-electron chi connectivity index (χ0n) is 5.06. The maximum absolute atomic E-state index is 12.4. The highest BCUT2D eigenvalue weighted by atomic mass is 19.1. The lowest BCUT2D eigenvalue weighted by Gasteiger charge is -1.94. The Morgan fingerprint density at radius 2 is 2.22 bits per heavy atom. The zero-order valence-corrected chi connectivity index (χ0v) is 5.06. The van der Waals surface area contributed by atoms with Gasteiger partial charge in [0.1, 0.15) is 11.6 Å². The first-order valence-corrected chi connectivity index (χ1v) is 2.59. The number of hydrogen-bond acceptors (Lipinski definition) is 2. The first-order valence-electron chi connectivity index (χ1n) is 2.59. The van der Waals surface area contributed by atoms with E-state index in [4.69, 9.17) is 5.73 Å². The second-order valence-corrected chi connectivity index (χ2v) is 1.80.